The van der Waals surface area contributed by atoms with Crippen molar-refractivity contribution in [3.05, 3.63) is 0 Å². The van der Waals surface area contributed by atoms with Crippen molar-refractivity contribution in [2.24, 2.45) is 5.92 Å². The van der Waals surface area contributed by atoms with Crippen molar-refractivity contribution in [2.45, 2.75) is 26.9 Å². The summed E-state index contributed by atoms with van der Waals surface area (Å²) >= 11 is 0. The number of morpholine rings is 1. The van der Waals surface area contributed by atoms with Crippen LogP contribution in [0.5, 0.6) is 0 Å². The van der Waals surface area contributed by atoms with E-state index in [-0.39, 0.29) is 6.10 Å². The third-order valence-corrected chi connectivity index (χ3v) is 2.13. The molecule has 1 N–H and O–H groups in total. The van der Waals surface area contributed by atoms with Gasteiger partial charge in [0.15, 0.2) is 0 Å². The van der Waals surface area contributed by atoms with E-state index in [1.54, 1.807) is 0 Å². The van der Waals surface area contributed by atoms with Crippen LogP contribution in [0, 0.1) is 11.3 Å². The normalized spacial score (nSPS) is 24.7. The highest BCUT2D eigenvalue weighted by Gasteiger charge is 2.20. The fourth-order valence-corrected chi connectivity index (χ4v) is 1.40. The number of ether oxygens (including phenoxy) is 1. The molecule has 3 heteroatoms. The Labute approximate surface area is 74.2 Å². The van der Waals surface area contributed by atoms with Gasteiger partial charge in [0.05, 0.1) is 18.5 Å². The first-order valence-electron chi connectivity index (χ1n) is 4.56. The molecule has 1 aliphatic heterocycles. The topological polar surface area (TPSA) is 36.3 Å². The van der Waals surface area contributed by atoms with Gasteiger partial charge >= 0.3 is 0 Å². The van der Waals surface area contributed by atoms with Gasteiger partial charge in [-0.05, 0) is 6.92 Å². The predicted octanol–water partition coefficient (Wildman–Crippen LogP) is 1.34. The molecule has 0 aromatic carbocycles. The fourth-order valence-electron chi connectivity index (χ4n) is 1.40. The van der Waals surface area contributed by atoms with Gasteiger partial charge in [-0.15, -0.1) is 0 Å². The average molecular weight is 170 g/mol. The van der Waals surface area contributed by atoms with Crippen LogP contribution in [0.3, 0.4) is 0 Å². The molecule has 0 aromatic rings. The maximum absolute atomic E-state index is 7.80. The monoisotopic (exact) mass is 170 g/mol. The minimum atomic E-state index is 0.276. The van der Waals surface area contributed by atoms with Crippen LogP contribution in [0.15, 0.2) is 0 Å². The SMILES string of the molecule is CC1CN(C(=N)C(C)C)CCO1. The Morgan fingerprint density at radius 2 is 2.25 bits per heavy atom. The Morgan fingerprint density at radius 3 is 2.75 bits per heavy atom. The molecule has 3 nitrogen and oxygen atoms in total. The van der Waals surface area contributed by atoms with Gasteiger partial charge in [0, 0.05) is 19.0 Å². The number of nitrogens with one attached hydrogen (secondary N) is 1. The summed E-state index contributed by atoms with van der Waals surface area (Å²) in [6, 6.07) is 0. The highest BCUT2D eigenvalue weighted by molar-refractivity contribution is 5.81. The summed E-state index contributed by atoms with van der Waals surface area (Å²) in [5.74, 6) is 1.07. The lowest BCUT2D eigenvalue weighted by atomic mass is 10.1. The number of hydrogen-bond acceptors (Lipinski definition) is 2. The van der Waals surface area contributed by atoms with E-state index < -0.39 is 0 Å². The van der Waals surface area contributed by atoms with Gasteiger partial charge in [0.1, 0.15) is 0 Å². The van der Waals surface area contributed by atoms with Crippen LogP contribution in [0.25, 0.3) is 0 Å². The molecule has 12 heavy (non-hydrogen) atoms. The lowest BCUT2D eigenvalue weighted by Gasteiger charge is -2.34. The first-order valence-corrected chi connectivity index (χ1v) is 4.56. The van der Waals surface area contributed by atoms with Gasteiger partial charge in [-0.2, -0.15) is 0 Å². The number of amidine groups is 1. The van der Waals surface area contributed by atoms with E-state index in [9.17, 15) is 0 Å². The Hall–Kier alpha value is -0.570. The molecule has 1 aliphatic rings. The van der Waals surface area contributed by atoms with Crippen molar-refractivity contribution in [2.75, 3.05) is 19.7 Å². The molecule has 0 bridgehead atoms. The van der Waals surface area contributed by atoms with Gasteiger partial charge in [-0.25, -0.2) is 0 Å². The van der Waals surface area contributed by atoms with Gasteiger partial charge in [-0.3, -0.25) is 5.41 Å². The Kier molecular flexibility index (Phi) is 3.09. The number of rotatable bonds is 1. The first-order chi connectivity index (χ1) is 5.61. The molecular formula is C9H18N2O. The van der Waals surface area contributed by atoms with Crippen LogP contribution >= 0.6 is 0 Å². The fraction of sp³-hybridized carbons (Fsp3) is 0.889. The van der Waals surface area contributed by atoms with Crippen LogP contribution < -0.4 is 0 Å². The second-order valence-electron chi connectivity index (χ2n) is 3.67. The Bertz CT molecular complexity index is 168. The molecule has 0 spiro atoms. The van der Waals surface area contributed by atoms with Crippen molar-refractivity contribution in [1.29, 1.82) is 5.41 Å². The molecule has 70 valence electrons. The zero-order chi connectivity index (χ0) is 9.14. The molecule has 0 aromatic heterocycles. The van der Waals surface area contributed by atoms with Gasteiger partial charge in [0.2, 0.25) is 0 Å². The highest BCUT2D eigenvalue weighted by atomic mass is 16.5. The van der Waals surface area contributed by atoms with Crippen molar-refractivity contribution in [3.8, 4) is 0 Å². The first kappa shape index (κ1) is 9.52. The third-order valence-electron chi connectivity index (χ3n) is 2.13. The Morgan fingerprint density at radius 1 is 1.58 bits per heavy atom. The minimum absolute atomic E-state index is 0.276. The van der Waals surface area contributed by atoms with Crippen LogP contribution in [0.1, 0.15) is 20.8 Å². The molecule has 1 fully saturated rings. The van der Waals surface area contributed by atoms with Gasteiger partial charge < -0.3 is 9.64 Å². The minimum Gasteiger partial charge on any atom is -0.375 e. The van der Waals surface area contributed by atoms with Gasteiger partial charge in [-0.1, -0.05) is 13.8 Å². The van der Waals surface area contributed by atoms with Crippen molar-refractivity contribution in [3.63, 3.8) is 0 Å². The summed E-state index contributed by atoms with van der Waals surface area (Å²) in [5, 5.41) is 7.80. The van der Waals surface area contributed by atoms with Crippen LogP contribution in [0.4, 0.5) is 0 Å². The van der Waals surface area contributed by atoms with Crippen LogP contribution in [0.2, 0.25) is 0 Å². The molecule has 0 amide bonds. The maximum atomic E-state index is 7.80. The molecule has 1 saturated heterocycles. The molecule has 0 aliphatic carbocycles. The maximum Gasteiger partial charge on any atom is 0.0985 e. The molecule has 1 atom stereocenters. The summed E-state index contributed by atoms with van der Waals surface area (Å²) in [6.07, 6.45) is 0.276. The molecule has 1 unspecified atom stereocenters. The summed E-state index contributed by atoms with van der Waals surface area (Å²) < 4.78 is 5.40. The number of nitrogens with zero attached hydrogens (tertiary/aromatic N) is 1. The summed E-state index contributed by atoms with van der Waals surface area (Å²) in [7, 11) is 0. The van der Waals surface area contributed by atoms with Crippen LogP contribution in [-0.2, 0) is 4.74 Å². The van der Waals surface area contributed by atoms with E-state index in [2.05, 4.69) is 25.7 Å². The zero-order valence-corrected chi connectivity index (χ0v) is 8.13. The van der Waals surface area contributed by atoms with E-state index in [4.69, 9.17) is 10.1 Å². The zero-order valence-electron chi connectivity index (χ0n) is 8.13. The van der Waals surface area contributed by atoms with E-state index in [0.29, 0.717) is 5.92 Å². The smallest absolute Gasteiger partial charge is 0.0985 e. The molecule has 0 radical (unpaired) electrons. The van der Waals surface area contributed by atoms with Gasteiger partial charge in [0.25, 0.3) is 0 Å². The van der Waals surface area contributed by atoms with E-state index in [0.717, 1.165) is 25.5 Å². The van der Waals surface area contributed by atoms with Crippen LogP contribution in [-0.4, -0.2) is 36.5 Å². The third kappa shape index (κ3) is 2.21. The summed E-state index contributed by atoms with van der Waals surface area (Å²) in [6.45, 7) is 8.68. The molecule has 1 heterocycles. The highest BCUT2D eigenvalue weighted by Crippen LogP contribution is 2.08. The van der Waals surface area contributed by atoms with E-state index in [1.807, 2.05) is 0 Å². The van der Waals surface area contributed by atoms with Crippen molar-refractivity contribution < 1.29 is 4.74 Å². The van der Waals surface area contributed by atoms with Crippen molar-refractivity contribution in [1.82, 2.24) is 4.90 Å². The number of hydrogen-bond donors (Lipinski definition) is 1. The van der Waals surface area contributed by atoms with E-state index in [1.165, 1.54) is 0 Å². The largest absolute Gasteiger partial charge is 0.375 e. The second-order valence-corrected chi connectivity index (χ2v) is 3.67. The molecule has 0 saturated carbocycles. The van der Waals surface area contributed by atoms with Crippen molar-refractivity contribution >= 4 is 5.84 Å². The predicted molar refractivity (Wildman–Crippen MR) is 49.6 cm³/mol. The molecule has 1 rings (SSSR count). The summed E-state index contributed by atoms with van der Waals surface area (Å²) in [4.78, 5) is 2.11. The lowest BCUT2D eigenvalue weighted by Crippen LogP contribution is -2.45. The lowest BCUT2D eigenvalue weighted by molar-refractivity contribution is 0.00420. The average Bonchev–Trinajstić information content (AvgIpc) is 2.03. The van der Waals surface area contributed by atoms with E-state index >= 15 is 0 Å². The molecular weight excluding hydrogens is 152 g/mol. The standard InChI is InChI=1S/C9H18N2O/c1-7(2)9(10)11-4-5-12-8(3)6-11/h7-8,10H,4-6H2,1-3H3. The quantitative estimate of drug-likeness (QED) is 0.476. The second kappa shape index (κ2) is 3.90. The Balaban J connectivity index is 2.46. The summed E-state index contributed by atoms with van der Waals surface area (Å²) in [5.41, 5.74) is 0.